The Kier molecular flexibility index (Phi) is 6.15. The van der Waals surface area contributed by atoms with Gasteiger partial charge in [-0.05, 0) is 36.9 Å². The second-order valence-electron chi connectivity index (χ2n) is 3.95. The van der Waals surface area contributed by atoms with E-state index in [1.165, 1.54) is 0 Å². The maximum Gasteiger partial charge on any atom is 0.251 e. The van der Waals surface area contributed by atoms with Crippen LogP contribution in [0.3, 0.4) is 0 Å². The highest BCUT2D eigenvalue weighted by molar-refractivity contribution is 7.98. The lowest BCUT2D eigenvalue weighted by Crippen LogP contribution is -2.43. The zero-order chi connectivity index (χ0) is 13.5. The van der Waals surface area contributed by atoms with Gasteiger partial charge >= 0.3 is 0 Å². The van der Waals surface area contributed by atoms with E-state index in [0.717, 1.165) is 17.7 Å². The zero-order valence-corrected chi connectivity index (χ0v) is 12.2. The summed E-state index contributed by atoms with van der Waals surface area (Å²) in [6, 6.07) is 7.25. The quantitative estimate of drug-likeness (QED) is 0.622. The first-order valence-corrected chi connectivity index (χ1v) is 7.46. The lowest BCUT2D eigenvalue weighted by molar-refractivity contribution is 0.0945. The fourth-order valence-electron chi connectivity index (χ4n) is 1.56. The predicted molar refractivity (Wildman–Crippen MR) is 81.2 cm³/mol. The molecule has 0 saturated carbocycles. The average molecular weight is 282 g/mol. The van der Waals surface area contributed by atoms with E-state index in [4.69, 9.17) is 18.0 Å². The molecule has 0 fully saturated rings. The molecule has 0 spiro atoms. The topological polar surface area (TPSA) is 55.1 Å². The summed E-state index contributed by atoms with van der Waals surface area (Å²) in [5.41, 5.74) is 6.24. The van der Waals surface area contributed by atoms with Gasteiger partial charge in [-0.15, -0.1) is 11.8 Å². The average Bonchev–Trinajstić information content (AvgIpc) is 2.38. The molecule has 5 heteroatoms. The van der Waals surface area contributed by atoms with Gasteiger partial charge in [0.2, 0.25) is 0 Å². The summed E-state index contributed by atoms with van der Waals surface area (Å²) >= 11 is 6.59. The van der Waals surface area contributed by atoms with Gasteiger partial charge in [0.25, 0.3) is 5.91 Å². The molecule has 1 rings (SSSR count). The van der Waals surface area contributed by atoms with Gasteiger partial charge in [-0.1, -0.05) is 25.6 Å². The molecule has 0 aliphatic rings. The second-order valence-corrected chi connectivity index (χ2v) is 5.30. The molecule has 1 amide bonds. The number of carbonyl (C=O) groups is 1. The second kappa shape index (κ2) is 7.38. The molecular weight excluding hydrogens is 264 g/mol. The van der Waals surface area contributed by atoms with Crippen LogP contribution in [-0.2, 0) is 0 Å². The van der Waals surface area contributed by atoms with Crippen LogP contribution in [0.15, 0.2) is 29.2 Å². The molecule has 1 unspecified atom stereocenters. The van der Waals surface area contributed by atoms with Crippen molar-refractivity contribution in [2.24, 2.45) is 5.73 Å². The number of nitrogens with one attached hydrogen (secondary N) is 1. The van der Waals surface area contributed by atoms with Crippen LogP contribution in [-0.4, -0.2) is 23.2 Å². The molecule has 0 aliphatic heterocycles. The van der Waals surface area contributed by atoms with Crippen molar-refractivity contribution in [3.8, 4) is 0 Å². The first kappa shape index (κ1) is 15.0. The van der Waals surface area contributed by atoms with Gasteiger partial charge in [-0.2, -0.15) is 0 Å². The molecule has 1 aromatic carbocycles. The molecule has 0 bridgehead atoms. The van der Waals surface area contributed by atoms with Crippen LogP contribution >= 0.6 is 24.0 Å². The first-order valence-electron chi connectivity index (χ1n) is 5.82. The fourth-order valence-corrected chi connectivity index (χ4v) is 2.14. The molecule has 1 aromatic rings. The van der Waals surface area contributed by atoms with Crippen molar-refractivity contribution in [3.63, 3.8) is 0 Å². The highest BCUT2D eigenvalue weighted by Crippen LogP contribution is 2.15. The minimum atomic E-state index is -0.224. The van der Waals surface area contributed by atoms with E-state index in [1.54, 1.807) is 11.8 Å². The third-order valence-electron chi connectivity index (χ3n) is 2.58. The van der Waals surface area contributed by atoms with Gasteiger partial charge in [0.15, 0.2) is 0 Å². The van der Waals surface area contributed by atoms with Crippen molar-refractivity contribution in [2.75, 3.05) is 6.26 Å². The number of hydrogen-bond donors (Lipinski definition) is 2. The minimum absolute atomic E-state index is 0.131. The van der Waals surface area contributed by atoms with Gasteiger partial charge in [0.1, 0.15) is 0 Å². The normalized spacial score (nSPS) is 11.9. The van der Waals surface area contributed by atoms with Gasteiger partial charge in [0, 0.05) is 10.5 Å². The van der Waals surface area contributed by atoms with E-state index < -0.39 is 0 Å². The van der Waals surface area contributed by atoms with E-state index in [9.17, 15) is 4.79 Å². The van der Waals surface area contributed by atoms with Gasteiger partial charge in [-0.3, -0.25) is 4.79 Å². The van der Waals surface area contributed by atoms with E-state index in [0.29, 0.717) is 10.6 Å². The Balaban J connectivity index is 2.70. The number of amides is 1. The van der Waals surface area contributed by atoms with Crippen molar-refractivity contribution in [1.82, 2.24) is 5.32 Å². The first-order chi connectivity index (χ1) is 8.58. The molecule has 1 atom stereocenters. The zero-order valence-electron chi connectivity index (χ0n) is 10.6. The summed E-state index contributed by atoms with van der Waals surface area (Å²) < 4.78 is 0. The Labute approximate surface area is 118 Å². The number of thioether (sulfide) groups is 1. The number of rotatable bonds is 6. The Morgan fingerprint density at radius 2 is 2.06 bits per heavy atom. The number of hydrogen-bond acceptors (Lipinski definition) is 3. The summed E-state index contributed by atoms with van der Waals surface area (Å²) in [5.74, 6) is -0.131. The lowest BCUT2D eigenvalue weighted by Gasteiger charge is -2.16. The molecule has 0 saturated heterocycles. The summed E-state index contributed by atoms with van der Waals surface area (Å²) in [4.78, 5) is 13.5. The highest BCUT2D eigenvalue weighted by Gasteiger charge is 2.15. The standard InChI is InChI=1S/C13H18N2OS2/c1-3-4-11(12(14)17)15-13(16)9-5-7-10(18-2)8-6-9/h5-8,11H,3-4H2,1-2H3,(H2,14,17)(H,15,16). The molecule has 18 heavy (non-hydrogen) atoms. The van der Waals surface area contributed by atoms with Crippen LogP contribution in [0.4, 0.5) is 0 Å². The third kappa shape index (κ3) is 4.31. The summed E-state index contributed by atoms with van der Waals surface area (Å²) in [6.45, 7) is 2.03. The monoisotopic (exact) mass is 282 g/mol. The number of thiocarbonyl (C=S) groups is 1. The molecular formula is C13H18N2OS2. The van der Waals surface area contributed by atoms with Crippen LogP contribution in [0.2, 0.25) is 0 Å². The van der Waals surface area contributed by atoms with Crippen LogP contribution in [0.1, 0.15) is 30.1 Å². The van der Waals surface area contributed by atoms with Crippen molar-refractivity contribution in [3.05, 3.63) is 29.8 Å². The highest BCUT2D eigenvalue weighted by atomic mass is 32.2. The maximum atomic E-state index is 12.0. The SMILES string of the molecule is CCCC(NC(=O)c1ccc(SC)cc1)C(N)=S. The summed E-state index contributed by atoms with van der Waals surface area (Å²) in [7, 11) is 0. The minimum Gasteiger partial charge on any atom is -0.392 e. The van der Waals surface area contributed by atoms with Crippen LogP contribution < -0.4 is 11.1 Å². The number of benzene rings is 1. The van der Waals surface area contributed by atoms with E-state index in [1.807, 2.05) is 37.4 Å². The smallest absolute Gasteiger partial charge is 0.251 e. The Morgan fingerprint density at radius 1 is 1.44 bits per heavy atom. The largest absolute Gasteiger partial charge is 0.392 e. The van der Waals surface area contributed by atoms with E-state index >= 15 is 0 Å². The Bertz CT molecular complexity index is 418. The summed E-state index contributed by atoms with van der Waals surface area (Å²) in [5, 5.41) is 2.86. The molecule has 3 nitrogen and oxygen atoms in total. The fraction of sp³-hybridized carbons (Fsp3) is 0.385. The van der Waals surface area contributed by atoms with E-state index in [2.05, 4.69) is 5.32 Å². The van der Waals surface area contributed by atoms with Crippen LogP contribution in [0.5, 0.6) is 0 Å². The number of nitrogens with two attached hydrogens (primary N) is 1. The Morgan fingerprint density at radius 3 is 2.50 bits per heavy atom. The van der Waals surface area contributed by atoms with Gasteiger partial charge < -0.3 is 11.1 Å². The number of carbonyl (C=O) groups excluding carboxylic acids is 1. The maximum absolute atomic E-state index is 12.0. The van der Waals surface area contributed by atoms with Gasteiger partial charge in [-0.25, -0.2) is 0 Å². The molecule has 0 heterocycles. The van der Waals surface area contributed by atoms with Crippen LogP contribution in [0, 0.1) is 0 Å². The molecule has 0 aromatic heterocycles. The van der Waals surface area contributed by atoms with Gasteiger partial charge in [0.05, 0.1) is 11.0 Å². The van der Waals surface area contributed by atoms with Crippen LogP contribution in [0.25, 0.3) is 0 Å². The predicted octanol–water partition coefficient (Wildman–Crippen LogP) is 2.59. The van der Waals surface area contributed by atoms with Crippen molar-refractivity contribution < 1.29 is 4.79 Å². The van der Waals surface area contributed by atoms with Crippen molar-refractivity contribution >= 4 is 34.9 Å². The molecule has 0 aliphatic carbocycles. The van der Waals surface area contributed by atoms with Crippen molar-refractivity contribution in [1.29, 1.82) is 0 Å². The third-order valence-corrected chi connectivity index (χ3v) is 3.61. The van der Waals surface area contributed by atoms with Crippen molar-refractivity contribution in [2.45, 2.75) is 30.7 Å². The lowest BCUT2D eigenvalue weighted by atomic mass is 10.1. The molecule has 98 valence electrons. The molecule has 3 N–H and O–H groups in total. The molecule has 0 radical (unpaired) electrons. The van der Waals surface area contributed by atoms with E-state index in [-0.39, 0.29) is 11.9 Å². The summed E-state index contributed by atoms with van der Waals surface area (Å²) in [6.07, 6.45) is 3.69. The Hall–Kier alpha value is -1.07.